The Bertz CT molecular complexity index is 1370. The molecule has 1 amide bonds. The van der Waals surface area contributed by atoms with Gasteiger partial charge in [0.15, 0.2) is 5.65 Å². The number of thiophene rings is 1. The molecule has 0 aliphatic heterocycles. The number of amides is 1. The Labute approximate surface area is 192 Å². The van der Waals surface area contributed by atoms with Crippen LogP contribution in [0.25, 0.3) is 21.6 Å². The Balaban J connectivity index is 1.47. The topological polar surface area (TPSA) is 85.6 Å². The van der Waals surface area contributed by atoms with E-state index >= 15 is 0 Å². The van der Waals surface area contributed by atoms with Crippen LogP contribution >= 0.6 is 22.7 Å². The van der Waals surface area contributed by atoms with E-state index in [2.05, 4.69) is 20.6 Å². The van der Waals surface area contributed by atoms with Gasteiger partial charge in [-0.2, -0.15) is 5.10 Å². The Morgan fingerprint density at radius 3 is 2.72 bits per heavy atom. The molecule has 1 aromatic carbocycles. The van der Waals surface area contributed by atoms with E-state index < -0.39 is 0 Å². The van der Waals surface area contributed by atoms with Crippen molar-refractivity contribution >= 4 is 44.7 Å². The van der Waals surface area contributed by atoms with Gasteiger partial charge in [-0.3, -0.25) is 10.1 Å². The van der Waals surface area contributed by atoms with Crippen LogP contribution in [-0.4, -0.2) is 30.9 Å². The number of hydrogen-bond acceptors (Lipinski definition) is 7. The van der Waals surface area contributed by atoms with Crippen LogP contribution in [0, 0.1) is 0 Å². The summed E-state index contributed by atoms with van der Waals surface area (Å²) in [5.74, 6) is -0.249. The maximum Gasteiger partial charge on any atom is 0.258 e. The van der Waals surface area contributed by atoms with E-state index in [-0.39, 0.29) is 11.9 Å². The van der Waals surface area contributed by atoms with Crippen LogP contribution < -0.4 is 5.32 Å². The second-order valence-electron chi connectivity index (χ2n) is 7.57. The molecule has 0 bridgehead atoms. The molecule has 1 N–H and O–H groups in total. The van der Waals surface area contributed by atoms with Crippen LogP contribution in [0.4, 0.5) is 5.13 Å². The van der Waals surface area contributed by atoms with Crippen molar-refractivity contribution in [1.82, 2.24) is 25.0 Å². The molecular weight excluding hydrogens is 440 g/mol. The molecule has 5 rings (SSSR count). The maximum atomic E-state index is 13.3. The van der Waals surface area contributed by atoms with Crippen molar-refractivity contribution in [1.29, 1.82) is 0 Å². The molecule has 4 aromatic heterocycles. The summed E-state index contributed by atoms with van der Waals surface area (Å²) < 4.78 is 1.84. The van der Waals surface area contributed by atoms with E-state index in [1.54, 1.807) is 17.5 Å². The zero-order valence-corrected chi connectivity index (χ0v) is 19.2. The molecule has 32 heavy (non-hydrogen) atoms. The highest BCUT2D eigenvalue weighted by atomic mass is 32.1. The minimum absolute atomic E-state index is 0.123. The number of nitrogens with zero attached hydrogens (tertiary/aromatic N) is 5. The number of benzene rings is 1. The number of nitrogens with one attached hydrogen (secondary N) is 1. The van der Waals surface area contributed by atoms with E-state index in [1.807, 2.05) is 72.4 Å². The van der Waals surface area contributed by atoms with Gasteiger partial charge in [0.1, 0.15) is 5.01 Å². The molecular formula is C23H20N6OS2. The minimum atomic E-state index is -0.249. The summed E-state index contributed by atoms with van der Waals surface area (Å²) in [4.78, 5) is 19.1. The number of carbonyl (C=O) groups is 1. The lowest BCUT2D eigenvalue weighted by atomic mass is 10.1. The van der Waals surface area contributed by atoms with Crippen molar-refractivity contribution in [3.63, 3.8) is 0 Å². The Hall–Kier alpha value is -3.43. The third kappa shape index (κ3) is 4.04. The molecule has 5 aromatic rings. The van der Waals surface area contributed by atoms with Gasteiger partial charge in [-0.1, -0.05) is 47.7 Å². The average Bonchev–Trinajstić information content (AvgIpc) is 3.54. The number of carbonyl (C=O) groups excluding carboxylic acids is 1. The first-order chi connectivity index (χ1) is 15.6. The van der Waals surface area contributed by atoms with Crippen molar-refractivity contribution in [3.8, 4) is 10.6 Å². The SMILES string of the molecule is CC(C)n1ncc2c(C(=O)Nc3nnc(Cc4ccccc4)s3)cc(-c3cccs3)nc21. The largest absolute Gasteiger partial charge is 0.296 e. The standard InChI is InChI=1S/C23H20N6OS2/c1-14(2)29-21-17(13-24-29)16(12-18(25-21)19-9-6-10-31-19)22(30)26-23-28-27-20(32-23)11-15-7-4-3-5-8-15/h3-10,12-14H,11H2,1-2H3,(H,26,28,30). The van der Waals surface area contributed by atoms with Gasteiger partial charge in [0.05, 0.1) is 27.7 Å². The molecule has 9 heteroatoms. The van der Waals surface area contributed by atoms with Crippen LogP contribution in [0.15, 0.2) is 60.1 Å². The fourth-order valence-electron chi connectivity index (χ4n) is 3.44. The number of hydrogen-bond donors (Lipinski definition) is 1. The molecule has 160 valence electrons. The Morgan fingerprint density at radius 2 is 1.97 bits per heavy atom. The number of rotatable bonds is 6. The fourth-order valence-corrected chi connectivity index (χ4v) is 4.90. The van der Waals surface area contributed by atoms with Crippen molar-refractivity contribution in [3.05, 3.63) is 76.2 Å². The fraction of sp³-hybridized carbons (Fsp3) is 0.174. The lowest BCUT2D eigenvalue weighted by molar-refractivity contribution is 0.102. The second kappa shape index (κ2) is 8.60. The van der Waals surface area contributed by atoms with Crippen molar-refractivity contribution in [2.45, 2.75) is 26.3 Å². The number of pyridine rings is 1. The molecule has 0 saturated heterocycles. The first-order valence-electron chi connectivity index (χ1n) is 10.2. The van der Waals surface area contributed by atoms with Crippen LogP contribution in [0.2, 0.25) is 0 Å². The van der Waals surface area contributed by atoms with E-state index in [9.17, 15) is 4.79 Å². The quantitative estimate of drug-likeness (QED) is 0.365. The van der Waals surface area contributed by atoms with Gasteiger partial charge in [-0.05, 0) is 36.9 Å². The molecule has 0 spiro atoms. The third-order valence-corrected chi connectivity index (χ3v) is 6.69. The number of anilines is 1. The average molecular weight is 461 g/mol. The molecule has 0 saturated carbocycles. The summed E-state index contributed by atoms with van der Waals surface area (Å²) in [5.41, 5.74) is 3.12. The van der Waals surface area contributed by atoms with Gasteiger partial charge >= 0.3 is 0 Å². The highest BCUT2D eigenvalue weighted by Gasteiger charge is 2.20. The van der Waals surface area contributed by atoms with E-state index in [0.717, 1.165) is 21.1 Å². The van der Waals surface area contributed by atoms with Gasteiger partial charge in [0.25, 0.3) is 5.91 Å². The first-order valence-corrected chi connectivity index (χ1v) is 11.9. The highest BCUT2D eigenvalue weighted by Crippen LogP contribution is 2.29. The number of fused-ring (bicyclic) bond motifs is 1. The van der Waals surface area contributed by atoms with E-state index in [4.69, 9.17) is 4.98 Å². The Kier molecular flexibility index (Phi) is 5.50. The summed E-state index contributed by atoms with van der Waals surface area (Å²) in [5, 5.41) is 19.8. The van der Waals surface area contributed by atoms with Crippen molar-refractivity contribution in [2.24, 2.45) is 0 Å². The van der Waals surface area contributed by atoms with Crippen LogP contribution in [0.1, 0.15) is 40.8 Å². The zero-order valence-electron chi connectivity index (χ0n) is 17.5. The summed E-state index contributed by atoms with van der Waals surface area (Å²) in [6.45, 7) is 4.09. The molecule has 7 nitrogen and oxygen atoms in total. The first kappa shape index (κ1) is 20.5. The van der Waals surface area contributed by atoms with E-state index in [0.29, 0.717) is 28.1 Å². The van der Waals surface area contributed by atoms with Gasteiger partial charge in [-0.25, -0.2) is 9.67 Å². The predicted octanol–water partition coefficient (Wildman–Crippen LogP) is 5.44. The zero-order chi connectivity index (χ0) is 22.1. The lowest BCUT2D eigenvalue weighted by Crippen LogP contribution is -2.13. The molecule has 0 fully saturated rings. The van der Waals surface area contributed by atoms with Crippen LogP contribution in [0.5, 0.6) is 0 Å². The molecule has 0 aliphatic rings. The lowest BCUT2D eigenvalue weighted by Gasteiger charge is -2.09. The van der Waals surface area contributed by atoms with E-state index in [1.165, 1.54) is 11.3 Å². The van der Waals surface area contributed by atoms with Crippen molar-refractivity contribution < 1.29 is 4.79 Å². The Morgan fingerprint density at radius 1 is 1.12 bits per heavy atom. The van der Waals surface area contributed by atoms with Gasteiger partial charge in [0, 0.05) is 12.5 Å². The molecule has 4 heterocycles. The van der Waals surface area contributed by atoms with Crippen LogP contribution in [-0.2, 0) is 6.42 Å². The second-order valence-corrected chi connectivity index (χ2v) is 9.58. The summed E-state index contributed by atoms with van der Waals surface area (Å²) in [7, 11) is 0. The number of aromatic nitrogens is 5. The predicted molar refractivity (Wildman–Crippen MR) is 128 cm³/mol. The van der Waals surface area contributed by atoms with Crippen LogP contribution in [0.3, 0.4) is 0 Å². The third-order valence-electron chi connectivity index (χ3n) is 4.96. The summed E-state index contributed by atoms with van der Waals surface area (Å²) in [6.07, 6.45) is 2.38. The van der Waals surface area contributed by atoms with Gasteiger partial charge in [0.2, 0.25) is 5.13 Å². The highest BCUT2D eigenvalue weighted by molar-refractivity contribution is 7.15. The van der Waals surface area contributed by atoms with Crippen molar-refractivity contribution in [2.75, 3.05) is 5.32 Å². The molecule has 0 radical (unpaired) electrons. The smallest absolute Gasteiger partial charge is 0.258 e. The van der Waals surface area contributed by atoms with Gasteiger partial charge < -0.3 is 0 Å². The van der Waals surface area contributed by atoms with Gasteiger partial charge in [-0.15, -0.1) is 21.5 Å². The summed E-state index contributed by atoms with van der Waals surface area (Å²) in [6, 6.07) is 16.0. The molecule has 0 unspecified atom stereocenters. The molecule has 0 aliphatic carbocycles. The molecule has 0 atom stereocenters. The normalized spacial score (nSPS) is 11.3. The maximum absolute atomic E-state index is 13.3. The monoisotopic (exact) mass is 460 g/mol. The summed E-state index contributed by atoms with van der Waals surface area (Å²) >= 11 is 2.97. The minimum Gasteiger partial charge on any atom is -0.296 e.